The van der Waals surface area contributed by atoms with Gasteiger partial charge in [-0.05, 0) is 35.9 Å². The van der Waals surface area contributed by atoms with Crippen molar-refractivity contribution in [2.75, 3.05) is 12.1 Å². The summed E-state index contributed by atoms with van der Waals surface area (Å²) in [6, 6.07) is 12.5. The van der Waals surface area contributed by atoms with Crippen LogP contribution >= 0.6 is 11.6 Å². The van der Waals surface area contributed by atoms with Crippen LogP contribution in [0.1, 0.15) is 5.56 Å². The molecule has 1 amide bonds. The number of halogens is 1. The largest absolute Gasteiger partial charge is 0.454 e. The van der Waals surface area contributed by atoms with Gasteiger partial charge in [0, 0.05) is 22.9 Å². The molecule has 0 saturated heterocycles. The Labute approximate surface area is 126 Å². The highest BCUT2D eigenvalue weighted by Crippen LogP contribution is 2.34. The summed E-state index contributed by atoms with van der Waals surface area (Å²) in [4.78, 5) is 11.9. The van der Waals surface area contributed by atoms with E-state index < -0.39 is 0 Å². The van der Waals surface area contributed by atoms with E-state index in [4.69, 9.17) is 21.1 Å². The third-order valence-electron chi connectivity index (χ3n) is 2.92. The van der Waals surface area contributed by atoms with Gasteiger partial charge in [-0.15, -0.1) is 0 Å². The Kier molecular flexibility index (Phi) is 3.79. The van der Waals surface area contributed by atoms with Crippen LogP contribution in [0.15, 0.2) is 48.5 Å². The zero-order chi connectivity index (χ0) is 14.7. The highest BCUT2D eigenvalue weighted by molar-refractivity contribution is 6.30. The number of amides is 1. The van der Waals surface area contributed by atoms with Crippen molar-refractivity contribution in [3.63, 3.8) is 0 Å². The predicted octanol–water partition coefficient (Wildman–Crippen LogP) is 3.72. The topological polar surface area (TPSA) is 47.6 Å². The van der Waals surface area contributed by atoms with Crippen molar-refractivity contribution < 1.29 is 14.3 Å². The fourth-order valence-corrected chi connectivity index (χ4v) is 2.14. The number of benzene rings is 2. The van der Waals surface area contributed by atoms with Crippen molar-refractivity contribution >= 4 is 29.3 Å². The van der Waals surface area contributed by atoms with E-state index >= 15 is 0 Å². The van der Waals surface area contributed by atoms with E-state index in [1.165, 1.54) is 6.08 Å². The average molecular weight is 302 g/mol. The first kappa shape index (κ1) is 13.5. The summed E-state index contributed by atoms with van der Waals surface area (Å²) in [5.74, 6) is 1.09. The molecule has 0 aliphatic carbocycles. The number of ether oxygens (including phenoxy) is 2. The van der Waals surface area contributed by atoms with Gasteiger partial charge in [-0.25, -0.2) is 0 Å². The first-order valence-electron chi connectivity index (χ1n) is 6.35. The third kappa shape index (κ3) is 3.35. The van der Waals surface area contributed by atoms with Crippen LogP contribution in [0, 0.1) is 0 Å². The van der Waals surface area contributed by atoms with E-state index in [9.17, 15) is 4.79 Å². The fraction of sp³-hybridized carbons (Fsp3) is 0.0625. The lowest BCUT2D eigenvalue weighted by Gasteiger charge is -2.03. The highest BCUT2D eigenvalue weighted by Gasteiger charge is 2.13. The van der Waals surface area contributed by atoms with Crippen LogP contribution in [0.3, 0.4) is 0 Å². The van der Waals surface area contributed by atoms with E-state index in [0.717, 1.165) is 5.56 Å². The van der Waals surface area contributed by atoms with E-state index in [1.54, 1.807) is 36.4 Å². The minimum Gasteiger partial charge on any atom is -0.454 e. The molecule has 1 aliphatic rings. The molecule has 5 heteroatoms. The van der Waals surface area contributed by atoms with Crippen molar-refractivity contribution in [1.82, 2.24) is 0 Å². The zero-order valence-electron chi connectivity index (χ0n) is 11.0. The molecule has 2 aromatic rings. The first-order chi connectivity index (χ1) is 10.2. The van der Waals surface area contributed by atoms with Crippen LogP contribution in [0.5, 0.6) is 11.5 Å². The maximum absolute atomic E-state index is 11.9. The number of anilines is 1. The van der Waals surface area contributed by atoms with Gasteiger partial charge in [-0.2, -0.15) is 0 Å². The van der Waals surface area contributed by atoms with Gasteiger partial charge < -0.3 is 14.8 Å². The maximum atomic E-state index is 11.9. The van der Waals surface area contributed by atoms with Gasteiger partial charge in [0.05, 0.1) is 0 Å². The summed E-state index contributed by atoms with van der Waals surface area (Å²) in [6.45, 7) is 0.210. The number of rotatable bonds is 3. The lowest BCUT2D eigenvalue weighted by molar-refractivity contribution is -0.111. The van der Waals surface area contributed by atoms with Gasteiger partial charge >= 0.3 is 0 Å². The van der Waals surface area contributed by atoms with Crippen molar-refractivity contribution in [2.45, 2.75) is 0 Å². The number of nitrogens with one attached hydrogen (secondary N) is 1. The van der Waals surface area contributed by atoms with Gasteiger partial charge in [0.1, 0.15) is 0 Å². The second-order valence-electron chi connectivity index (χ2n) is 4.45. The quantitative estimate of drug-likeness (QED) is 0.879. The molecule has 106 valence electrons. The molecule has 3 rings (SSSR count). The second-order valence-corrected chi connectivity index (χ2v) is 4.88. The molecule has 1 aliphatic heterocycles. The SMILES string of the molecule is O=C(C=Cc1cccc(Cl)c1)Nc1ccc2c(c1)OCO2. The highest BCUT2D eigenvalue weighted by atomic mass is 35.5. The molecular formula is C16H12ClNO3. The van der Waals surface area contributed by atoms with E-state index in [-0.39, 0.29) is 12.7 Å². The summed E-state index contributed by atoms with van der Waals surface area (Å²) in [7, 11) is 0. The molecule has 1 N–H and O–H groups in total. The summed E-state index contributed by atoms with van der Waals surface area (Å²) < 4.78 is 10.5. The van der Waals surface area contributed by atoms with Crippen LogP contribution in [-0.4, -0.2) is 12.7 Å². The minimum atomic E-state index is -0.228. The lowest BCUT2D eigenvalue weighted by Crippen LogP contribution is -2.07. The molecule has 0 bridgehead atoms. The van der Waals surface area contributed by atoms with Gasteiger partial charge in [0.2, 0.25) is 12.7 Å². The molecular weight excluding hydrogens is 290 g/mol. The van der Waals surface area contributed by atoms with Crippen molar-refractivity contribution in [3.05, 3.63) is 59.1 Å². The summed E-state index contributed by atoms with van der Waals surface area (Å²) in [6.07, 6.45) is 3.16. The minimum absolute atomic E-state index is 0.210. The molecule has 2 aromatic carbocycles. The van der Waals surface area contributed by atoms with E-state index in [2.05, 4.69) is 5.32 Å². The van der Waals surface area contributed by atoms with Crippen LogP contribution in [0.2, 0.25) is 5.02 Å². The Bertz CT molecular complexity index is 712. The van der Waals surface area contributed by atoms with Crippen LogP contribution in [-0.2, 0) is 4.79 Å². The van der Waals surface area contributed by atoms with E-state index in [1.807, 2.05) is 12.1 Å². The van der Waals surface area contributed by atoms with Gasteiger partial charge in [-0.3, -0.25) is 4.79 Å². The molecule has 1 heterocycles. The molecule has 0 fully saturated rings. The van der Waals surface area contributed by atoms with E-state index in [0.29, 0.717) is 22.2 Å². The number of hydrogen-bond acceptors (Lipinski definition) is 3. The number of carbonyl (C=O) groups excluding carboxylic acids is 1. The van der Waals surface area contributed by atoms with Gasteiger partial charge in [0.15, 0.2) is 11.5 Å². The molecule has 21 heavy (non-hydrogen) atoms. The Morgan fingerprint density at radius 2 is 2.00 bits per heavy atom. The Morgan fingerprint density at radius 1 is 1.14 bits per heavy atom. The summed E-state index contributed by atoms with van der Waals surface area (Å²) in [5, 5.41) is 3.39. The number of fused-ring (bicyclic) bond motifs is 1. The zero-order valence-corrected chi connectivity index (χ0v) is 11.8. The second kappa shape index (κ2) is 5.89. The molecule has 4 nitrogen and oxygen atoms in total. The average Bonchev–Trinajstić information content (AvgIpc) is 2.93. The number of carbonyl (C=O) groups is 1. The van der Waals surface area contributed by atoms with Crippen LogP contribution < -0.4 is 14.8 Å². The fourth-order valence-electron chi connectivity index (χ4n) is 1.94. The smallest absolute Gasteiger partial charge is 0.248 e. The number of hydrogen-bond donors (Lipinski definition) is 1. The first-order valence-corrected chi connectivity index (χ1v) is 6.73. The molecule has 0 aromatic heterocycles. The Balaban J connectivity index is 1.66. The summed E-state index contributed by atoms with van der Waals surface area (Å²) >= 11 is 5.88. The van der Waals surface area contributed by atoms with Crippen LogP contribution in [0.4, 0.5) is 5.69 Å². The van der Waals surface area contributed by atoms with Crippen molar-refractivity contribution in [2.24, 2.45) is 0 Å². The monoisotopic (exact) mass is 301 g/mol. The maximum Gasteiger partial charge on any atom is 0.248 e. The lowest BCUT2D eigenvalue weighted by atomic mass is 10.2. The Hall–Kier alpha value is -2.46. The standard InChI is InChI=1S/C16H12ClNO3/c17-12-3-1-2-11(8-12)4-7-16(19)18-13-5-6-14-15(9-13)21-10-20-14/h1-9H,10H2,(H,18,19). The molecule has 0 spiro atoms. The van der Waals surface area contributed by atoms with Crippen molar-refractivity contribution in [3.8, 4) is 11.5 Å². The molecule has 0 atom stereocenters. The van der Waals surface area contributed by atoms with Crippen molar-refractivity contribution in [1.29, 1.82) is 0 Å². The van der Waals surface area contributed by atoms with Gasteiger partial charge in [-0.1, -0.05) is 23.7 Å². The summed E-state index contributed by atoms with van der Waals surface area (Å²) in [5.41, 5.74) is 1.52. The van der Waals surface area contributed by atoms with Gasteiger partial charge in [0.25, 0.3) is 0 Å². The van der Waals surface area contributed by atoms with Crippen LogP contribution in [0.25, 0.3) is 6.08 Å². The Morgan fingerprint density at radius 3 is 2.86 bits per heavy atom. The third-order valence-corrected chi connectivity index (χ3v) is 3.15. The molecule has 0 radical (unpaired) electrons. The molecule has 0 unspecified atom stereocenters. The molecule has 0 saturated carbocycles. The predicted molar refractivity (Wildman–Crippen MR) is 81.7 cm³/mol. The normalized spacial score (nSPS) is 12.6.